The number of carbonyl (C=O) groups is 2. The summed E-state index contributed by atoms with van der Waals surface area (Å²) < 4.78 is 26.7. The third kappa shape index (κ3) is 7.24. The first-order valence-corrected chi connectivity index (χ1v) is 10.2. The molecule has 3 N–H and O–H groups in total. The molecule has 2 amide bonds. The van der Waals surface area contributed by atoms with E-state index in [1.165, 1.54) is 30.3 Å². The molecule has 0 saturated heterocycles. The molecule has 8 heteroatoms. The SMILES string of the molecule is CC(C)NC(=O)CNC(=O)c1ccc(NS(=O)(=O)/C=C/c2ccccc2)cc1. The topological polar surface area (TPSA) is 104 Å². The summed E-state index contributed by atoms with van der Waals surface area (Å²) in [6.07, 6.45) is 1.49. The van der Waals surface area contributed by atoms with Gasteiger partial charge in [0.1, 0.15) is 0 Å². The van der Waals surface area contributed by atoms with Gasteiger partial charge in [-0.25, -0.2) is 8.42 Å². The van der Waals surface area contributed by atoms with Crippen LogP contribution in [0.5, 0.6) is 0 Å². The Morgan fingerprint density at radius 1 is 1.00 bits per heavy atom. The second kappa shape index (κ2) is 9.70. The lowest BCUT2D eigenvalue weighted by molar-refractivity contribution is -0.120. The van der Waals surface area contributed by atoms with Gasteiger partial charge < -0.3 is 10.6 Å². The smallest absolute Gasteiger partial charge is 0.255 e. The third-order valence-corrected chi connectivity index (χ3v) is 4.52. The maximum absolute atomic E-state index is 12.1. The van der Waals surface area contributed by atoms with Gasteiger partial charge in [0.25, 0.3) is 15.9 Å². The van der Waals surface area contributed by atoms with Crippen molar-refractivity contribution < 1.29 is 18.0 Å². The number of hydrogen-bond acceptors (Lipinski definition) is 4. The lowest BCUT2D eigenvalue weighted by Gasteiger charge is -2.10. The van der Waals surface area contributed by atoms with Gasteiger partial charge in [-0.3, -0.25) is 14.3 Å². The molecule has 0 radical (unpaired) electrons. The largest absolute Gasteiger partial charge is 0.352 e. The summed E-state index contributed by atoms with van der Waals surface area (Å²) in [6, 6.07) is 15.0. The molecule has 0 aliphatic heterocycles. The van der Waals surface area contributed by atoms with E-state index in [1.807, 2.05) is 32.0 Å². The van der Waals surface area contributed by atoms with E-state index < -0.39 is 15.9 Å². The van der Waals surface area contributed by atoms with Crippen molar-refractivity contribution in [1.29, 1.82) is 0 Å². The maximum Gasteiger partial charge on any atom is 0.255 e. The molecular formula is C20H23N3O4S. The van der Waals surface area contributed by atoms with Crippen LogP contribution in [0.2, 0.25) is 0 Å². The quantitative estimate of drug-likeness (QED) is 0.631. The fourth-order valence-electron chi connectivity index (χ4n) is 2.26. The Hall–Kier alpha value is -3.13. The van der Waals surface area contributed by atoms with Crippen molar-refractivity contribution in [2.75, 3.05) is 11.3 Å². The minimum Gasteiger partial charge on any atom is -0.352 e. The predicted octanol–water partition coefficient (Wildman–Crippen LogP) is 2.35. The van der Waals surface area contributed by atoms with Crippen LogP contribution in [0.25, 0.3) is 6.08 Å². The van der Waals surface area contributed by atoms with E-state index in [2.05, 4.69) is 15.4 Å². The van der Waals surface area contributed by atoms with Gasteiger partial charge in [-0.15, -0.1) is 0 Å². The van der Waals surface area contributed by atoms with E-state index in [-0.39, 0.29) is 18.5 Å². The van der Waals surface area contributed by atoms with Crippen LogP contribution in [0.4, 0.5) is 5.69 Å². The van der Waals surface area contributed by atoms with Crippen molar-refractivity contribution in [3.63, 3.8) is 0 Å². The summed E-state index contributed by atoms with van der Waals surface area (Å²) in [6.45, 7) is 3.53. The molecule has 28 heavy (non-hydrogen) atoms. The molecule has 7 nitrogen and oxygen atoms in total. The molecule has 0 bridgehead atoms. The fourth-order valence-corrected chi connectivity index (χ4v) is 3.12. The number of sulfonamides is 1. The first-order chi connectivity index (χ1) is 13.2. The summed E-state index contributed by atoms with van der Waals surface area (Å²) in [7, 11) is -3.68. The lowest BCUT2D eigenvalue weighted by Crippen LogP contribution is -2.39. The Labute approximate surface area is 164 Å². The molecule has 0 aromatic heterocycles. The Bertz CT molecular complexity index is 937. The summed E-state index contributed by atoms with van der Waals surface area (Å²) in [5.74, 6) is -0.699. The van der Waals surface area contributed by atoms with Crippen molar-refractivity contribution in [3.05, 3.63) is 71.1 Å². The number of hydrogen-bond donors (Lipinski definition) is 3. The Balaban J connectivity index is 1.93. The minimum atomic E-state index is -3.68. The zero-order chi connectivity index (χ0) is 20.6. The number of amides is 2. The summed E-state index contributed by atoms with van der Waals surface area (Å²) in [5.41, 5.74) is 1.41. The highest BCUT2D eigenvalue weighted by Crippen LogP contribution is 2.13. The van der Waals surface area contributed by atoms with Gasteiger partial charge in [-0.1, -0.05) is 30.3 Å². The highest BCUT2D eigenvalue weighted by atomic mass is 32.2. The van der Waals surface area contributed by atoms with Crippen LogP contribution < -0.4 is 15.4 Å². The number of benzene rings is 2. The van der Waals surface area contributed by atoms with Gasteiger partial charge in [0.2, 0.25) is 5.91 Å². The van der Waals surface area contributed by atoms with Gasteiger partial charge in [0, 0.05) is 17.3 Å². The zero-order valence-electron chi connectivity index (χ0n) is 15.7. The van der Waals surface area contributed by atoms with Crippen LogP contribution in [-0.2, 0) is 14.8 Å². The van der Waals surface area contributed by atoms with Gasteiger partial charge in [-0.05, 0) is 49.8 Å². The van der Waals surface area contributed by atoms with E-state index in [9.17, 15) is 18.0 Å². The van der Waals surface area contributed by atoms with Crippen LogP contribution in [0, 0.1) is 0 Å². The van der Waals surface area contributed by atoms with E-state index in [0.29, 0.717) is 11.3 Å². The zero-order valence-corrected chi connectivity index (χ0v) is 16.5. The molecule has 0 unspecified atom stereocenters. The Kier molecular flexibility index (Phi) is 7.34. The average Bonchev–Trinajstić information content (AvgIpc) is 2.65. The Morgan fingerprint density at radius 2 is 1.64 bits per heavy atom. The highest BCUT2D eigenvalue weighted by molar-refractivity contribution is 7.95. The number of rotatable bonds is 8. The first kappa shape index (κ1) is 21.2. The first-order valence-electron chi connectivity index (χ1n) is 8.69. The minimum absolute atomic E-state index is 0.00681. The molecule has 0 spiro atoms. The molecule has 148 valence electrons. The predicted molar refractivity (Wildman–Crippen MR) is 110 cm³/mol. The molecule has 0 aliphatic carbocycles. The fraction of sp³-hybridized carbons (Fsp3) is 0.200. The van der Waals surface area contributed by atoms with Crippen molar-refractivity contribution >= 4 is 33.6 Å². The normalized spacial score (nSPS) is 11.4. The molecule has 2 aromatic rings. The van der Waals surface area contributed by atoms with Crippen LogP contribution in [0.3, 0.4) is 0 Å². The van der Waals surface area contributed by atoms with Crippen LogP contribution in [0.15, 0.2) is 60.0 Å². The molecule has 2 aromatic carbocycles. The monoisotopic (exact) mass is 401 g/mol. The van der Waals surface area contributed by atoms with Crippen molar-refractivity contribution in [2.45, 2.75) is 19.9 Å². The molecule has 0 aliphatic rings. The van der Waals surface area contributed by atoms with Gasteiger partial charge in [0.05, 0.1) is 12.0 Å². The molecule has 0 heterocycles. The molecule has 2 rings (SSSR count). The van der Waals surface area contributed by atoms with E-state index in [4.69, 9.17) is 0 Å². The summed E-state index contributed by atoms with van der Waals surface area (Å²) in [4.78, 5) is 23.6. The molecular weight excluding hydrogens is 378 g/mol. The van der Waals surface area contributed by atoms with Crippen molar-refractivity contribution in [3.8, 4) is 0 Å². The van der Waals surface area contributed by atoms with Gasteiger partial charge >= 0.3 is 0 Å². The van der Waals surface area contributed by atoms with E-state index in [0.717, 1.165) is 11.0 Å². The van der Waals surface area contributed by atoms with Crippen molar-refractivity contribution in [1.82, 2.24) is 10.6 Å². The second-order valence-electron chi connectivity index (χ2n) is 6.34. The number of nitrogens with one attached hydrogen (secondary N) is 3. The molecule has 0 fully saturated rings. The standard InChI is InChI=1S/C20H23N3O4S/c1-15(2)22-19(24)14-21-20(25)17-8-10-18(11-9-17)23-28(26,27)13-12-16-6-4-3-5-7-16/h3-13,15,23H,14H2,1-2H3,(H,21,25)(H,22,24)/b13-12+. The lowest BCUT2D eigenvalue weighted by atomic mass is 10.2. The Morgan fingerprint density at radius 3 is 2.25 bits per heavy atom. The van der Waals surface area contributed by atoms with Crippen LogP contribution in [-0.4, -0.2) is 32.8 Å². The van der Waals surface area contributed by atoms with E-state index in [1.54, 1.807) is 12.1 Å². The third-order valence-electron chi connectivity index (χ3n) is 3.51. The van der Waals surface area contributed by atoms with Gasteiger partial charge in [0.15, 0.2) is 0 Å². The van der Waals surface area contributed by atoms with Gasteiger partial charge in [-0.2, -0.15) is 0 Å². The van der Waals surface area contributed by atoms with Crippen molar-refractivity contribution in [2.24, 2.45) is 0 Å². The maximum atomic E-state index is 12.1. The highest BCUT2D eigenvalue weighted by Gasteiger charge is 2.10. The second-order valence-corrected chi connectivity index (χ2v) is 7.91. The van der Waals surface area contributed by atoms with Crippen LogP contribution in [0.1, 0.15) is 29.8 Å². The van der Waals surface area contributed by atoms with E-state index >= 15 is 0 Å². The summed E-state index contributed by atoms with van der Waals surface area (Å²) >= 11 is 0. The summed E-state index contributed by atoms with van der Waals surface area (Å²) in [5, 5.41) is 6.26. The number of carbonyl (C=O) groups excluding carboxylic acids is 2. The average molecular weight is 401 g/mol. The molecule has 0 saturated carbocycles. The number of anilines is 1. The molecule has 0 atom stereocenters. The van der Waals surface area contributed by atoms with Crippen LogP contribution >= 0.6 is 0 Å².